The lowest BCUT2D eigenvalue weighted by Crippen LogP contribution is -2.05. The number of benzene rings is 2. The minimum atomic E-state index is -0.137. The predicted molar refractivity (Wildman–Crippen MR) is 105 cm³/mol. The van der Waals surface area contributed by atoms with E-state index in [-0.39, 0.29) is 6.61 Å². The van der Waals surface area contributed by atoms with Crippen molar-refractivity contribution in [2.45, 2.75) is 36.8 Å². The lowest BCUT2D eigenvalue weighted by Gasteiger charge is -2.10. The highest BCUT2D eigenvalue weighted by Gasteiger charge is 2.16. The van der Waals surface area contributed by atoms with E-state index < -0.39 is 0 Å². The topological polar surface area (TPSA) is 76.7 Å². The van der Waals surface area contributed by atoms with Gasteiger partial charge >= 0.3 is 0 Å². The minimum Gasteiger partial charge on any atom is -0.388 e. The van der Waals surface area contributed by atoms with Crippen LogP contribution in [-0.2, 0) is 13.2 Å². The second kappa shape index (κ2) is 7.85. The second-order valence-corrected chi connectivity index (χ2v) is 6.98. The van der Waals surface area contributed by atoms with Crippen molar-refractivity contribution in [2.24, 2.45) is 0 Å². The van der Waals surface area contributed by atoms with E-state index >= 15 is 0 Å². The van der Waals surface area contributed by atoms with Crippen molar-refractivity contribution in [1.29, 1.82) is 0 Å². The van der Waals surface area contributed by atoms with Gasteiger partial charge in [0.25, 0.3) is 0 Å². The summed E-state index contributed by atoms with van der Waals surface area (Å²) in [6.45, 7) is 2.68. The first-order chi connectivity index (χ1) is 13.3. The number of hydrogen-bond acceptors (Lipinski definition) is 6. The summed E-state index contributed by atoms with van der Waals surface area (Å²) in [5.74, 6) is 0.559. The standard InChI is InChI=1S/C20H19N5OS/c1-2-12-25-17(13-26)23-24-20(25)27-19-21-16-11-7-6-10-15(16)18(22-19)14-8-4-3-5-9-14/h3-11,26H,2,12-13H2,1H3. The highest BCUT2D eigenvalue weighted by molar-refractivity contribution is 7.99. The Morgan fingerprint density at radius 1 is 0.963 bits per heavy atom. The van der Waals surface area contributed by atoms with E-state index in [1.165, 1.54) is 11.8 Å². The molecule has 0 atom stereocenters. The predicted octanol–water partition coefficient (Wildman–Crippen LogP) is 3.94. The van der Waals surface area contributed by atoms with Crippen molar-refractivity contribution in [3.05, 3.63) is 60.4 Å². The number of nitrogens with zero attached hydrogens (tertiary/aromatic N) is 5. The van der Waals surface area contributed by atoms with E-state index in [0.717, 1.165) is 35.1 Å². The summed E-state index contributed by atoms with van der Waals surface area (Å²) >= 11 is 1.37. The zero-order valence-electron chi connectivity index (χ0n) is 14.9. The van der Waals surface area contributed by atoms with Crippen LogP contribution in [0.15, 0.2) is 64.9 Å². The van der Waals surface area contributed by atoms with Crippen LogP contribution in [0.2, 0.25) is 0 Å². The average Bonchev–Trinajstić information content (AvgIpc) is 3.10. The van der Waals surface area contributed by atoms with Crippen molar-refractivity contribution >= 4 is 22.7 Å². The summed E-state index contributed by atoms with van der Waals surface area (Å²) in [6, 6.07) is 18.1. The van der Waals surface area contributed by atoms with Crippen LogP contribution in [0.3, 0.4) is 0 Å². The molecular formula is C20H19N5OS. The molecule has 2 aromatic carbocycles. The highest BCUT2D eigenvalue weighted by Crippen LogP contribution is 2.31. The van der Waals surface area contributed by atoms with Crippen LogP contribution in [0.4, 0.5) is 0 Å². The normalized spacial score (nSPS) is 11.2. The fraction of sp³-hybridized carbons (Fsp3) is 0.200. The van der Waals surface area contributed by atoms with Crippen LogP contribution < -0.4 is 0 Å². The zero-order chi connectivity index (χ0) is 18.6. The molecular weight excluding hydrogens is 358 g/mol. The van der Waals surface area contributed by atoms with Gasteiger partial charge in [0.1, 0.15) is 6.61 Å². The van der Waals surface area contributed by atoms with Gasteiger partial charge in [0.2, 0.25) is 0 Å². The van der Waals surface area contributed by atoms with Gasteiger partial charge in [-0.25, -0.2) is 9.97 Å². The van der Waals surface area contributed by atoms with Crippen LogP contribution in [0.1, 0.15) is 19.2 Å². The summed E-state index contributed by atoms with van der Waals surface area (Å²) in [6.07, 6.45) is 0.923. The maximum atomic E-state index is 9.49. The average molecular weight is 377 g/mol. The van der Waals surface area contributed by atoms with Crippen molar-refractivity contribution < 1.29 is 5.11 Å². The van der Waals surface area contributed by atoms with E-state index in [1.54, 1.807) is 0 Å². The third-order valence-electron chi connectivity index (χ3n) is 4.19. The fourth-order valence-electron chi connectivity index (χ4n) is 2.96. The van der Waals surface area contributed by atoms with Gasteiger partial charge in [-0.15, -0.1) is 10.2 Å². The van der Waals surface area contributed by atoms with Crippen LogP contribution in [0.25, 0.3) is 22.2 Å². The molecule has 7 heteroatoms. The SMILES string of the molecule is CCCn1c(CO)nnc1Sc1nc(-c2ccccc2)c2ccccc2n1. The molecule has 2 heterocycles. The number of aliphatic hydroxyl groups is 1. The third kappa shape index (κ3) is 3.56. The maximum Gasteiger partial charge on any atom is 0.199 e. The molecule has 2 aromatic heterocycles. The number of para-hydroxylation sites is 1. The Kier molecular flexibility index (Phi) is 5.13. The van der Waals surface area contributed by atoms with Crippen LogP contribution in [-0.4, -0.2) is 29.8 Å². The summed E-state index contributed by atoms with van der Waals surface area (Å²) in [4.78, 5) is 9.51. The highest BCUT2D eigenvalue weighted by atomic mass is 32.2. The number of aliphatic hydroxyl groups excluding tert-OH is 1. The van der Waals surface area contributed by atoms with E-state index in [1.807, 2.05) is 59.2 Å². The number of aromatic nitrogens is 5. The molecule has 0 aliphatic heterocycles. The first kappa shape index (κ1) is 17.6. The maximum absolute atomic E-state index is 9.49. The van der Waals surface area contributed by atoms with E-state index in [4.69, 9.17) is 9.97 Å². The number of fused-ring (bicyclic) bond motifs is 1. The molecule has 0 aliphatic rings. The molecule has 6 nitrogen and oxygen atoms in total. The molecule has 0 bridgehead atoms. The Morgan fingerprint density at radius 3 is 2.52 bits per heavy atom. The largest absolute Gasteiger partial charge is 0.388 e. The van der Waals surface area contributed by atoms with Gasteiger partial charge in [0.05, 0.1) is 11.2 Å². The molecule has 0 amide bonds. The van der Waals surface area contributed by atoms with Crippen LogP contribution in [0.5, 0.6) is 0 Å². The van der Waals surface area contributed by atoms with Crippen molar-refractivity contribution in [3.8, 4) is 11.3 Å². The van der Waals surface area contributed by atoms with Gasteiger partial charge in [-0.3, -0.25) is 0 Å². The molecule has 0 saturated carbocycles. The molecule has 4 rings (SSSR count). The molecule has 0 fully saturated rings. The van der Waals surface area contributed by atoms with E-state index in [0.29, 0.717) is 16.1 Å². The first-order valence-electron chi connectivity index (χ1n) is 8.83. The van der Waals surface area contributed by atoms with Crippen LogP contribution >= 0.6 is 11.8 Å². The lowest BCUT2D eigenvalue weighted by molar-refractivity contribution is 0.263. The Balaban J connectivity index is 1.81. The number of hydrogen-bond donors (Lipinski definition) is 1. The smallest absolute Gasteiger partial charge is 0.199 e. The molecule has 4 aromatic rings. The molecule has 0 unspecified atom stereocenters. The van der Waals surface area contributed by atoms with E-state index in [9.17, 15) is 5.11 Å². The van der Waals surface area contributed by atoms with Gasteiger partial charge in [0.15, 0.2) is 16.1 Å². The van der Waals surface area contributed by atoms with Gasteiger partial charge in [-0.1, -0.05) is 55.5 Å². The molecule has 0 spiro atoms. The van der Waals surface area contributed by atoms with E-state index in [2.05, 4.69) is 17.1 Å². The second-order valence-electron chi connectivity index (χ2n) is 6.05. The molecule has 1 N–H and O–H groups in total. The number of rotatable bonds is 6. The van der Waals surface area contributed by atoms with Crippen molar-refractivity contribution in [3.63, 3.8) is 0 Å². The van der Waals surface area contributed by atoms with Crippen molar-refractivity contribution in [1.82, 2.24) is 24.7 Å². The monoisotopic (exact) mass is 377 g/mol. The summed E-state index contributed by atoms with van der Waals surface area (Å²) < 4.78 is 1.92. The van der Waals surface area contributed by atoms with Gasteiger partial charge < -0.3 is 9.67 Å². The summed E-state index contributed by atoms with van der Waals surface area (Å²) in [5, 5.41) is 20.1. The summed E-state index contributed by atoms with van der Waals surface area (Å²) in [7, 11) is 0. The molecule has 0 saturated heterocycles. The summed E-state index contributed by atoms with van der Waals surface area (Å²) in [5.41, 5.74) is 2.83. The molecule has 0 aliphatic carbocycles. The Morgan fingerprint density at radius 2 is 1.74 bits per heavy atom. The lowest BCUT2D eigenvalue weighted by atomic mass is 10.1. The fourth-order valence-corrected chi connectivity index (χ4v) is 3.79. The molecule has 27 heavy (non-hydrogen) atoms. The van der Waals surface area contributed by atoms with Crippen LogP contribution in [0, 0.1) is 0 Å². The van der Waals surface area contributed by atoms with Gasteiger partial charge in [-0.2, -0.15) is 0 Å². The Hall–Kier alpha value is -2.77. The first-order valence-corrected chi connectivity index (χ1v) is 9.64. The Bertz CT molecular complexity index is 1060. The third-order valence-corrected chi connectivity index (χ3v) is 5.04. The zero-order valence-corrected chi connectivity index (χ0v) is 15.7. The van der Waals surface area contributed by atoms with Gasteiger partial charge in [-0.05, 0) is 24.2 Å². The molecule has 136 valence electrons. The minimum absolute atomic E-state index is 0.137. The Labute approximate surface area is 161 Å². The molecule has 0 radical (unpaired) electrons. The van der Waals surface area contributed by atoms with Gasteiger partial charge in [0, 0.05) is 17.5 Å². The van der Waals surface area contributed by atoms with Crippen molar-refractivity contribution in [2.75, 3.05) is 0 Å². The quantitative estimate of drug-likeness (QED) is 0.513.